The first kappa shape index (κ1) is 24.4. The average Bonchev–Trinajstić information content (AvgIpc) is 2.71. The number of rotatable bonds is 13. The van der Waals surface area contributed by atoms with Gasteiger partial charge in [-0.15, -0.1) is 0 Å². The zero-order chi connectivity index (χ0) is 20.2. The van der Waals surface area contributed by atoms with E-state index in [1.807, 2.05) is 37.3 Å². The summed E-state index contributed by atoms with van der Waals surface area (Å²) in [6, 6.07) is 9.35. The normalized spacial score (nSPS) is 9.37. The summed E-state index contributed by atoms with van der Waals surface area (Å²) < 4.78 is 24.8. The van der Waals surface area contributed by atoms with Gasteiger partial charge in [0.1, 0.15) is 25.6 Å². The number of para-hydroxylation sites is 1. The molecule has 0 bridgehead atoms. The summed E-state index contributed by atoms with van der Waals surface area (Å²) in [7, 11) is 0. The highest BCUT2D eigenvalue weighted by Gasteiger charge is 1.96. The molecular weight excluding hydrogens is 352 g/mol. The van der Waals surface area contributed by atoms with Gasteiger partial charge < -0.3 is 23.7 Å². The van der Waals surface area contributed by atoms with E-state index in [0.717, 1.165) is 17.9 Å². The predicted molar refractivity (Wildman–Crippen MR) is 102 cm³/mol. The molecule has 0 unspecified atom stereocenters. The van der Waals surface area contributed by atoms with Gasteiger partial charge in [0.15, 0.2) is 0 Å². The second-order valence-electron chi connectivity index (χ2n) is 4.71. The molecule has 1 rings (SSSR count). The minimum Gasteiger partial charge on any atom is -0.490 e. The summed E-state index contributed by atoms with van der Waals surface area (Å²) in [4.78, 5) is 21.2. The summed E-state index contributed by atoms with van der Waals surface area (Å²) >= 11 is 0. The van der Waals surface area contributed by atoms with Crippen molar-refractivity contribution in [1.82, 2.24) is 0 Å². The van der Waals surface area contributed by atoms with Crippen LogP contribution in [-0.2, 0) is 28.5 Å². The van der Waals surface area contributed by atoms with Crippen molar-refractivity contribution in [1.29, 1.82) is 0 Å². The van der Waals surface area contributed by atoms with Crippen molar-refractivity contribution in [2.24, 2.45) is 0 Å². The molecule has 0 spiro atoms. The molecule has 0 aromatic heterocycles. The fourth-order valence-electron chi connectivity index (χ4n) is 1.50. The Morgan fingerprint density at radius 2 is 1.33 bits per heavy atom. The van der Waals surface area contributed by atoms with Crippen LogP contribution in [-0.4, -0.2) is 58.2 Å². The van der Waals surface area contributed by atoms with Crippen LogP contribution in [0, 0.1) is 0 Å². The highest BCUT2D eigenvalue weighted by atomic mass is 16.6. The Hall–Kier alpha value is -2.64. The monoisotopic (exact) mass is 380 g/mol. The second kappa shape index (κ2) is 18.2. The number of hydrogen-bond acceptors (Lipinski definition) is 7. The van der Waals surface area contributed by atoms with E-state index >= 15 is 0 Å². The van der Waals surface area contributed by atoms with Crippen molar-refractivity contribution in [3.63, 3.8) is 0 Å². The van der Waals surface area contributed by atoms with Crippen molar-refractivity contribution in [2.75, 3.05) is 46.2 Å². The third-order valence-corrected chi connectivity index (χ3v) is 2.72. The van der Waals surface area contributed by atoms with E-state index in [1.54, 1.807) is 0 Å². The number of esters is 2. The maximum Gasteiger partial charge on any atom is 0.330 e. The van der Waals surface area contributed by atoms with Gasteiger partial charge in [-0.2, -0.15) is 0 Å². The summed E-state index contributed by atoms with van der Waals surface area (Å²) in [5, 5.41) is 0. The van der Waals surface area contributed by atoms with Crippen LogP contribution in [0.15, 0.2) is 55.6 Å². The molecule has 0 saturated heterocycles. The molecule has 0 fully saturated rings. The van der Waals surface area contributed by atoms with Crippen LogP contribution in [0.2, 0.25) is 0 Å². The molecule has 0 atom stereocenters. The smallest absolute Gasteiger partial charge is 0.330 e. The zero-order valence-electron chi connectivity index (χ0n) is 15.8. The van der Waals surface area contributed by atoms with Gasteiger partial charge in [0.2, 0.25) is 0 Å². The molecule has 0 aliphatic heterocycles. The first-order valence-electron chi connectivity index (χ1n) is 8.55. The van der Waals surface area contributed by atoms with Crippen LogP contribution in [0.5, 0.6) is 5.75 Å². The highest BCUT2D eigenvalue weighted by molar-refractivity contribution is 5.81. The summed E-state index contributed by atoms with van der Waals surface area (Å²) in [6.45, 7) is 11.5. The standard InChI is InChI=1S/C11H12O3.C9H16O4/c1-2-11(12)14-9-8-13-10-6-4-3-5-7-10;1-3-9(10)13-8-7-12-6-5-11-4-2/h2-7H,1,8-9H2;3H,1,4-8H2,2H3. The Morgan fingerprint density at radius 3 is 1.89 bits per heavy atom. The van der Waals surface area contributed by atoms with Crippen LogP contribution in [0.4, 0.5) is 0 Å². The first-order valence-corrected chi connectivity index (χ1v) is 8.55. The van der Waals surface area contributed by atoms with E-state index in [1.165, 1.54) is 0 Å². The lowest BCUT2D eigenvalue weighted by Gasteiger charge is -2.05. The summed E-state index contributed by atoms with van der Waals surface area (Å²) in [5.74, 6) is -0.0859. The Labute approximate surface area is 160 Å². The van der Waals surface area contributed by atoms with Crippen molar-refractivity contribution >= 4 is 11.9 Å². The Kier molecular flexibility index (Phi) is 16.4. The minimum absolute atomic E-state index is 0.236. The van der Waals surface area contributed by atoms with Gasteiger partial charge in [0, 0.05) is 18.8 Å². The van der Waals surface area contributed by atoms with Crippen molar-refractivity contribution in [3.8, 4) is 5.75 Å². The SMILES string of the molecule is C=CC(=O)OCCOCCOCC.C=CC(=O)OCCOc1ccccc1. The molecule has 27 heavy (non-hydrogen) atoms. The first-order chi connectivity index (χ1) is 13.1. The molecule has 1 aromatic carbocycles. The van der Waals surface area contributed by atoms with Gasteiger partial charge in [-0.05, 0) is 19.1 Å². The lowest BCUT2D eigenvalue weighted by molar-refractivity contribution is -0.139. The molecule has 0 amide bonds. The van der Waals surface area contributed by atoms with Gasteiger partial charge in [0.05, 0.1) is 19.8 Å². The van der Waals surface area contributed by atoms with E-state index < -0.39 is 11.9 Å². The van der Waals surface area contributed by atoms with Crippen LogP contribution >= 0.6 is 0 Å². The van der Waals surface area contributed by atoms with Crippen LogP contribution < -0.4 is 4.74 Å². The fourth-order valence-corrected chi connectivity index (χ4v) is 1.50. The van der Waals surface area contributed by atoms with E-state index in [2.05, 4.69) is 17.9 Å². The maximum absolute atomic E-state index is 10.6. The molecule has 0 saturated carbocycles. The van der Waals surface area contributed by atoms with Gasteiger partial charge in [0.25, 0.3) is 0 Å². The van der Waals surface area contributed by atoms with E-state index in [9.17, 15) is 9.59 Å². The van der Waals surface area contributed by atoms with Crippen LogP contribution in [0.25, 0.3) is 0 Å². The second-order valence-corrected chi connectivity index (χ2v) is 4.71. The van der Waals surface area contributed by atoms with Crippen molar-refractivity contribution < 1.29 is 33.3 Å². The molecule has 7 nitrogen and oxygen atoms in total. The Balaban J connectivity index is 0.000000503. The fraction of sp³-hybridized carbons (Fsp3) is 0.400. The van der Waals surface area contributed by atoms with Crippen LogP contribution in [0.1, 0.15) is 6.92 Å². The van der Waals surface area contributed by atoms with Crippen molar-refractivity contribution in [2.45, 2.75) is 6.92 Å². The molecule has 0 radical (unpaired) electrons. The number of ether oxygens (including phenoxy) is 5. The van der Waals surface area contributed by atoms with Crippen molar-refractivity contribution in [3.05, 3.63) is 55.6 Å². The Morgan fingerprint density at radius 1 is 0.815 bits per heavy atom. The van der Waals surface area contributed by atoms with Gasteiger partial charge in [-0.1, -0.05) is 31.4 Å². The largest absolute Gasteiger partial charge is 0.490 e. The van der Waals surface area contributed by atoms with Gasteiger partial charge in [-0.25, -0.2) is 9.59 Å². The number of carbonyl (C=O) groups is 2. The molecule has 0 aliphatic carbocycles. The third-order valence-electron chi connectivity index (χ3n) is 2.72. The molecular formula is C20H28O7. The molecule has 1 aromatic rings. The summed E-state index contributed by atoms with van der Waals surface area (Å²) in [6.07, 6.45) is 2.25. The average molecular weight is 380 g/mol. The van der Waals surface area contributed by atoms with Crippen LogP contribution in [0.3, 0.4) is 0 Å². The molecule has 0 heterocycles. The Bertz CT molecular complexity index is 528. The minimum atomic E-state index is -0.429. The van der Waals surface area contributed by atoms with Gasteiger partial charge in [-0.3, -0.25) is 0 Å². The van der Waals surface area contributed by atoms with Gasteiger partial charge >= 0.3 is 11.9 Å². The quantitative estimate of drug-likeness (QED) is 0.296. The predicted octanol–water partition coefficient (Wildman–Crippen LogP) is 2.56. The lowest BCUT2D eigenvalue weighted by atomic mass is 10.3. The molecule has 0 aliphatic rings. The molecule has 7 heteroatoms. The summed E-state index contributed by atoms with van der Waals surface area (Å²) in [5.41, 5.74) is 0. The third kappa shape index (κ3) is 16.6. The lowest BCUT2D eigenvalue weighted by Crippen LogP contribution is -2.11. The topological polar surface area (TPSA) is 80.3 Å². The van der Waals surface area contributed by atoms with E-state index in [-0.39, 0.29) is 13.2 Å². The number of hydrogen-bond donors (Lipinski definition) is 0. The number of benzene rings is 1. The van der Waals surface area contributed by atoms with E-state index in [0.29, 0.717) is 33.0 Å². The highest BCUT2D eigenvalue weighted by Crippen LogP contribution is 2.07. The maximum atomic E-state index is 10.6. The zero-order valence-corrected chi connectivity index (χ0v) is 15.8. The number of carbonyl (C=O) groups excluding carboxylic acids is 2. The van der Waals surface area contributed by atoms with E-state index in [4.69, 9.17) is 18.9 Å². The molecule has 0 N–H and O–H groups in total. The molecule has 150 valence electrons.